The van der Waals surface area contributed by atoms with Crippen molar-refractivity contribution in [2.45, 2.75) is 6.54 Å². The van der Waals surface area contributed by atoms with Gasteiger partial charge in [0.2, 0.25) is 0 Å². The molecule has 3 N–H and O–H groups in total. The smallest absolute Gasteiger partial charge is 0.141 e. The predicted molar refractivity (Wildman–Crippen MR) is 60.8 cm³/mol. The number of para-hydroxylation sites is 2. The van der Waals surface area contributed by atoms with Gasteiger partial charge in [-0.25, -0.2) is 4.68 Å². The molecule has 2 rings (SSSR count). The Labute approximate surface area is 95.5 Å². The van der Waals surface area contributed by atoms with Crippen molar-refractivity contribution in [2.75, 3.05) is 0 Å². The fourth-order valence-corrected chi connectivity index (χ4v) is 1.86. The lowest BCUT2D eigenvalue weighted by Gasteiger charge is -2.05. The molecule has 0 radical (unpaired) electrons. The molecule has 0 aliphatic carbocycles. The van der Waals surface area contributed by atoms with Crippen molar-refractivity contribution in [2.24, 2.45) is 5.73 Å². The van der Waals surface area contributed by atoms with Crippen molar-refractivity contribution in [3.8, 4) is 11.4 Å². The monoisotopic (exact) mass is 267 g/mol. The average Bonchev–Trinajstić information content (AvgIpc) is 2.60. The largest absolute Gasteiger partial charge is 0.506 e. The standard InChI is InChI=1S/C10H10BrN3O/c11-10-7(5-12)6-13-14(10)8-3-1-2-4-9(8)15/h1-4,6,15H,5,12H2. The van der Waals surface area contributed by atoms with E-state index in [-0.39, 0.29) is 5.75 Å². The summed E-state index contributed by atoms with van der Waals surface area (Å²) in [5, 5.41) is 13.8. The molecule has 0 atom stereocenters. The van der Waals surface area contributed by atoms with Crippen LogP contribution in [0.15, 0.2) is 35.1 Å². The first-order chi connectivity index (χ1) is 7.24. The minimum atomic E-state index is 0.185. The fourth-order valence-electron chi connectivity index (χ4n) is 1.32. The van der Waals surface area contributed by atoms with Crippen molar-refractivity contribution in [3.05, 3.63) is 40.6 Å². The van der Waals surface area contributed by atoms with Crippen LogP contribution in [0.3, 0.4) is 0 Å². The van der Waals surface area contributed by atoms with E-state index in [4.69, 9.17) is 5.73 Å². The second-order valence-electron chi connectivity index (χ2n) is 3.07. The van der Waals surface area contributed by atoms with Crippen LogP contribution in [0.4, 0.5) is 0 Å². The molecule has 4 nitrogen and oxygen atoms in total. The lowest BCUT2D eigenvalue weighted by atomic mass is 10.3. The molecule has 0 saturated heterocycles. The Balaban J connectivity index is 2.55. The van der Waals surface area contributed by atoms with E-state index in [1.54, 1.807) is 29.1 Å². The third-order valence-electron chi connectivity index (χ3n) is 2.11. The summed E-state index contributed by atoms with van der Waals surface area (Å²) in [6, 6.07) is 7.00. The number of nitrogens with zero attached hydrogens (tertiary/aromatic N) is 2. The molecule has 1 heterocycles. The summed E-state index contributed by atoms with van der Waals surface area (Å²) in [5.41, 5.74) is 7.06. The van der Waals surface area contributed by atoms with Gasteiger partial charge in [0.15, 0.2) is 0 Å². The third kappa shape index (κ3) is 1.75. The summed E-state index contributed by atoms with van der Waals surface area (Å²) < 4.78 is 2.38. The van der Waals surface area contributed by atoms with Crippen LogP contribution in [0.1, 0.15) is 5.56 Å². The Morgan fingerprint density at radius 3 is 2.73 bits per heavy atom. The van der Waals surface area contributed by atoms with Gasteiger partial charge in [0.1, 0.15) is 16.0 Å². The first-order valence-electron chi connectivity index (χ1n) is 4.45. The zero-order valence-electron chi connectivity index (χ0n) is 7.89. The lowest BCUT2D eigenvalue weighted by molar-refractivity contribution is 0.470. The maximum atomic E-state index is 9.66. The number of rotatable bonds is 2. The van der Waals surface area contributed by atoms with Crippen molar-refractivity contribution in [1.29, 1.82) is 0 Å². The minimum Gasteiger partial charge on any atom is -0.506 e. The van der Waals surface area contributed by atoms with Gasteiger partial charge < -0.3 is 10.8 Å². The Hall–Kier alpha value is -1.33. The Morgan fingerprint density at radius 2 is 2.13 bits per heavy atom. The normalized spacial score (nSPS) is 10.5. The van der Waals surface area contributed by atoms with E-state index in [9.17, 15) is 5.11 Å². The first-order valence-corrected chi connectivity index (χ1v) is 5.24. The van der Waals surface area contributed by atoms with Gasteiger partial charge in [-0.2, -0.15) is 5.10 Å². The number of nitrogens with two attached hydrogens (primary N) is 1. The van der Waals surface area contributed by atoms with Crippen LogP contribution in [-0.4, -0.2) is 14.9 Å². The highest BCUT2D eigenvalue weighted by molar-refractivity contribution is 9.10. The number of halogens is 1. The molecule has 0 fully saturated rings. The van der Waals surface area contributed by atoms with Crippen LogP contribution < -0.4 is 5.73 Å². The second kappa shape index (κ2) is 4.04. The number of phenolic OH excluding ortho intramolecular Hbond substituents is 1. The van der Waals surface area contributed by atoms with Crippen LogP contribution in [0.25, 0.3) is 5.69 Å². The number of benzene rings is 1. The SMILES string of the molecule is NCc1cnn(-c2ccccc2O)c1Br. The Morgan fingerprint density at radius 1 is 1.40 bits per heavy atom. The molecular weight excluding hydrogens is 258 g/mol. The number of aromatic hydroxyl groups is 1. The van der Waals surface area contributed by atoms with Crippen molar-refractivity contribution in [3.63, 3.8) is 0 Å². The maximum absolute atomic E-state index is 9.66. The highest BCUT2D eigenvalue weighted by atomic mass is 79.9. The topological polar surface area (TPSA) is 64.1 Å². The molecule has 1 aromatic heterocycles. The van der Waals surface area contributed by atoms with E-state index < -0.39 is 0 Å². The number of hydrogen-bond acceptors (Lipinski definition) is 3. The molecule has 5 heteroatoms. The number of hydrogen-bond donors (Lipinski definition) is 2. The third-order valence-corrected chi connectivity index (χ3v) is 2.96. The molecule has 0 unspecified atom stereocenters. The van der Waals surface area contributed by atoms with Crippen molar-refractivity contribution in [1.82, 2.24) is 9.78 Å². The van der Waals surface area contributed by atoms with Gasteiger partial charge in [0.25, 0.3) is 0 Å². The van der Waals surface area contributed by atoms with E-state index in [0.717, 1.165) is 10.2 Å². The van der Waals surface area contributed by atoms with Gasteiger partial charge in [-0.05, 0) is 28.1 Å². The summed E-state index contributed by atoms with van der Waals surface area (Å²) in [4.78, 5) is 0. The van der Waals surface area contributed by atoms with Crippen LogP contribution in [0.5, 0.6) is 5.75 Å². The molecule has 0 bridgehead atoms. The molecule has 1 aromatic carbocycles. The van der Waals surface area contributed by atoms with E-state index in [0.29, 0.717) is 12.2 Å². The van der Waals surface area contributed by atoms with E-state index >= 15 is 0 Å². The minimum absolute atomic E-state index is 0.185. The molecule has 15 heavy (non-hydrogen) atoms. The van der Waals surface area contributed by atoms with Crippen molar-refractivity contribution < 1.29 is 5.11 Å². The van der Waals surface area contributed by atoms with Crippen LogP contribution in [0, 0.1) is 0 Å². The highest BCUT2D eigenvalue weighted by Crippen LogP contribution is 2.25. The average molecular weight is 268 g/mol. The van der Waals surface area contributed by atoms with Gasteiger partial charge in [-0.15, -0.1) is 0 Å². The second-order valence-corrected chi connectivity index (χ2v) is 3.82. The molecule has 78 valence electrons. The van der Waals surface area contributed by atoms with E-state index in [2.05, 4.69) is 21.0 Å². The fraction of sp³-hybridized carbons (Fsp3) is 0.100. The van der Waals surface area contributed by atoms with Crippen LogP contribution in [-0.2, 0) is 6.54 Å². The summed E-state index contributed by atoms with van der Waals surface area (Å²) >= 11 is 3.39. The molecule has 0 spiro atoms. The van der Waals surface area contributed by atoms with Gasteiger partial charge in [-0.1, -0.05) is 12.1 Å². The van der Waals surface area contributed by atoms with Gasteiger partial charge in [0, 0.05) is 12.1 Å². The highest BCUT2D eigenvalue weighted by Gasteiger charge is 2.10. The van der Waals surface area contributed by atoms with Crippen molar-refractivity contribution >= 4 is 15.9 Å². The number of aromatic nitrogens is 2. The van der Waals surface area contributed by atoms with Crippen LogP contribution in [0.2, 0.25) is 0 Å². The molecule has 0 saturated carbocycles. The summed E-state index contributed by atoms with van der Waals surface area (Å²) in [6.45, 7) is 0.411. The number of phenols is 1. The van der Waals surface area contributed by atoms with Crippen LogP contribution >= 0.6 is 15.9 Å². The zero-order valence-corrected chi connectivity index (χ0v) is 9.48. The summed E-state index contributed by atoms with van der Waals surface area (Å²) in [5.74, 6) is 0.185. The van der Waals surface area contributed by atoms with E-state index in [1.165, 1.54) is 0 Å². The molecule has 0 amide bonds. The lowest BCUT2D eigenvalue weighted by Crippen LogP contribution is -1.99. The Bertz CT molecular complexity index is 481. The maximum Gasteiger partial charge on any atom is 0.141 e. The predicted octanol–water partition coefficient (Wildman–Crippen LogP) is 1.80. The molecule has 0 aliphatic rings. The zero-order chi connectivity index (χ0) is 10.8. The summed E-state index contributed by atoms with van der Waals surface area (Å²) in [7, 11) is 0. The Kier molecular flexibility index (Phi) is 2.75. The van der Waals surface area contributed by atoms with Gasteiger partial charge in [0.05, 0.1) is 6.20 Å². The van der Waals surface area contributed by atoms with Gasteiger partial charge >= 0.3 is 0 Å². The summed E-state index contributed by atoms with van der Waals surface area (Å²) in [6.07, 6.45) is 1.68. The van der Waals surface area contributed by atoms with E-state index in [1.807, 2.05) is 6.07 Å². The molecule has 0 aliphatic heterocycles. The van der Waals surface area contributed by atoms with Gasteiger partial charge in [-0.3, -0.25) is 0 Å². The molecular formula is C10H10BrN3O. The first kappa shape index (κ1) is 10.2. The quantitative estimate of drug-likeness (QED) is 0.872. The molecule has 2 aromatic rings.